The zero-order valence-electron chi connectivity index (χ0n) is 15.8. The third-order valence-electron chi connectivity index (χ3n) is 4.31. The van der Waals surface area contributed by atoms with Gasteiger partial charge in [-0.1, -0.05) is 72.5 Å². The number of anilines is 1. The number of halogens is 1. The summed E-state index contributed by atoms with van der Waals surface area (Å²) in [5.41, 5.74) is 3.38. The molecule has 0 bridgehead atoms. The van der Waals surface area contributed by atoms with E-state index in [2.05, 4.69) is 29.3 Å². The predicted molar refractivity (Wildman–Crippen MR) is 118 cm³/mol. The summed E-state index contributed by atoms with van der Waals surface area (Å²) in [6.07, 6.45) is 0.581. The van der Waals surface area contributed by atoms with Crippen LogP contribution in [0.1, 0.15) is 29.5 Å². The van der Waals surface area contributed by atoms with Crippen LogP contribution in [0.4, 0.5) is 5.69 Å². The zero-order chi connectivity index (χ0) is 19.9. The first kappa shape index (κ1) is 20.8. The average molecular weight is 432 g/mol. The Labute approximate surface area is 178 Å². The molecule has 0 radical (unpaired) electrons. The van der Waals surface area contributed by atoms with E-state index in [4.69, 9.17) is 11.6 Å². The molecule has 1 amide bonds. The Hall–Kier alpha value is -1.89. The minimum atomic E-state index is -0.553. The first-order chi connectivity index (χ1) is 13.6. The fourth-order valence-electron chi connectivity index (χ4n) is 2.66. The quantitative estimate of drug-likeness (QED) is 0.339. The van der Waals surface area contributed by atoms with Crippen LogP contribution in [-0.4, -0.2) is 21.5 Å². The predicted octanol–water partition coefficient (Wildman–Crippen LogP) is 5.69. The fraction of sp³-hybridized carbons (Fsp3) is 0.286. The smallest absolute Gasteiger partial charge is 0.245 e. The Kier molecular flexibility index (Phi) is 7.48. The molecule has 1 atom stereocenters. The van der Waals surface area contributed by atoms with Gasteiger partial charge in [0.25, 0.3) is 0 Å². The molecule has 2 aromatic carbocycles. The monoisotopic (exact) mass is 431 g/mol. The molecule has 1 heterocycles. The van der Waals surface area contributed by atoms with Crippen LogP contribution in [0.3, 0.4) is 0 Å². The van der Waals surface area contributed by atoms with Gasteiger partial charge < -0.3 is 4.90 Å². The van der Waals surface area contributed by atoms with Gasteiger partial charge in [-0.3, -0.25) is 4.79 Å². The molecule has 0 spiro atoms. The van der Waals surface area contributed by atoms with Crippen molar-refractivity contribution in [1.82, 2.24) is 10.2 Å². The van der Waals surface area contributed by atoms with Gasteiger partial charge in [0.05, 0.1) is 6.54 Å². The maximum absolute atomic E-state index is 12.8. The van der Waals surface area contributed by atoms with E-state index in [0.29, 0.717) is 13.0 Å². The number of para-hydroxylation sites is 1. The van der Waals surface area contributed by atoms with E-state index in [9.17, 15) is 4.79 Å². The third kappa shape index (κ3) is 5.34. The van der Waals surface area contributed by atoms with Crippen LogP contribution in [-0.2, 0) is 17.1 Å². The fourth-order valence-corrected chi connectivity index (χ4v) is 4.73. The molecule has 0 N–H and O–H groups in total. The summed E-state index contributed by atoms with van der Waals surface area (Å²) in [4.78, 5) is 14.5. The number of amides is 1. The summed E-state index contributed by atoms with van der Waals surface area (Å²) in [5.74, 6) is 0.738. The van der Waals surface area contributed by atoms with Gasteiger partial charge in [-0.25, -0.2) is 0 Å². The number of aryl methyl sites for hydroxylation is 1. The minimum Gasteiger partial charge on any atom is -0.304 e. The summed E-state index contributed by atoms with van der Waals surface area (Å²) in [5, 5.41) is 8.83. The number of carbonyl (C=O) groups is 1. The maximum Gasteiger partial charge on any atom is 0.245 e. The third-order valence-corrected chi connectivity index (χ3v) is 6.90. The molecule has 0 aliphatic rings. The van der Waals surface area contributed by atoms with Crippen molar-refractivity contribution >= 4 is 46.3 Å². The Bertz CT molecular complexity index is 917. The van der Waals surface area contributed by atoms with Gasteiger partial charge in [0.15, 0.2) is 4.34 Å². The second kappa shape index (κ2) is 10.0. The van der Waals surface area contributed by atoms with Crippen LogP contribution in [0.15, 0.2) is 58.9 Å². The number of hydrogen-bond donors (Lipinski definition) is 0. The van der Waals surface area contributed by atoms with Crippen molar-refractivity contribution in [3.63, 3.8) is 0 Å². The average Bonchev–Trinajstić information content (AvgIpc) is 3.18. The summed E-state index contributed by atoms with van der Waals surface area (Å²) in [7, 11) is 0. The van der Waals surface area contributed by atoms with Gasteiger partial charge in [0.1, 0.15) is 10.4 Å². The highest BCUT2D eigenvalue weighted by atomic mass is 35.5. The molecule has 1 aromatic heterocycles. The first-order valence-electron chi connectivity index (χ1n) is 9.08. The maximum atomic E-state index is 12.8. The molecule has 0 fully saturated rings. The number of nitrogens with zero attached hydrogens (tertiary/aromatic N) is 3. The number of benzene rings is 2. The van der Waals surface area contributed by atoms with Crippen LogP contribution in [0.2, 0.25) is 0 Å². The van der Waals surface area contributed by atoms with E-state index in [1.807, 2.05) is 49.4 Å². The van der Waals surface area contributed by atoms with Gasteiger partial charge in [0.2, 0.25) is 5.91 Å². The van der Waals surface area contributed by atoms with Crippen molar-refractivity contribution in [2.75, 3.05) is 4.90 Å². The topological polar surface area (TPSA) is 46.1 Å². The molecule has 1 unspecified atom stereocenters. The molecular formula is C21H22ClN3OS2. The van der Waals surface area contributed by atoms with Gasteiger partial charge in [-0.2, -0.15) is 0 Å². The van der Waals surface area contributed by atoms with E-state index in [1.54, 1.807) is 16.7 Å². The van der Waals surface area contributed by atoms with Crippen molar-refractivity contribution in [1.29, 1.82) is 0 Å². The van der Waals surface area contributed by atoms with Crippen LogP contribution >= 0.6 is 34.7 Å². The van der Waals surface area contributed by atoms with E-state index in [1.165, 1.54) is 22.5 Å². The van der Waals surface area contributed by atoms with Gasteiger partial charge in [-0.05, 0) is 36.6 Å². The van der Waals surface area contributed by atoms with E-state index in [0.717, 1.165) is 20.8 Å². The SMILES string of the molecule is CCC(Cl)C(=O)N(Cc1nnc(SCc2ccccc2C)s1)c1ccccc1. The Morgan fingerprint density at radius 3 is 2.57 bits per heavy atom. The normalized spacial score (nSPS) is 12.0. The summed E-state index contributed by atoms with van der Waals surface area (Å²) in [6.45, 7) is 4.39. The molecule has 4 nitrogen and oxygen atoms in total. The highest BCUT2D eigenvalue weighted by Gasteiger charge is 2.24. The lowest BCUT2D eigenvalue weighted by Crippen LogP contribution is -2.36. The summed E-state index contributed by atoms with van der Waals surface area (Å²) in [6, 6.07) is 17.9. The molecule has 0 aliphatic carbocycles. The minimum absolute atomic E-state index is 0.111. The van der Waals surface area contributed by atoms with Crippen LogP contribution in [0, 0.1) is 6.92 Å². The second-order valence-corrected chi connectivity index (χ2v) is 9.12. The highest BCUT2D eigenvalue weighted by Crippen LogP contribution is 2.29. The van der Waals surface area contributed by atoms with E-state index < -0.39 is 5.38 Å². The Balaban J connectivity index is 1.71. The van der Waals surface area contributed by atoms with Crippen LogP contribution in [0.25, 0.3) is 0 Å². The number of alkyl halides is 1. The van der Waals surface area contributed by atoms with Gasteiger partial charge >= 0.3 is 0 Å². The summed E-state index contributed by atoms with van der Waals surface area (Å²) >= 11 is 9.42. The lowest BCUT2D eigenvalue weighted by atomic mass is 10.1. The second-order valence-electron chi connectivity index (χ2n) is 6.31. The Morgan fingerprint density at radius 2 is 1.86 bits per heavy atom. The molecule has 7 heteroatoms. The highest BCUT2D eigenvalue weighted by molar-refractivity contribution is 8.00. The van der Waals surface area contributed by atoms with Crippen molar-refractivity contribution in [3.05, 3.63) is 70.7 Å². The number of rotatable bonds is 8. The molecule has 0 aliphatic heterocycles. The number of hydrogen-bond acceptors (Lipinski definition) is 5. The van der Waals surface area contributed by atoms with Gasteiger partial charge in [0, 0.05) is 11.4 Å². The molecule has 146 valence electrons. The largest absolute Gasteiger partial charge is 0.304 e. The van der Waals surface area contributed by atoms with Crippen molar-refractivity contribution in [2.24, 2.45) is 0 Å². The van der Waals surface area contributed by atoms with Crippen LogP contribution in [0.5, 0.6) is 0 Å². The number of carbonyl (C=O) groups excluding carboxylic acids is 1. The molecule has 0 saturated carbocycles. The summed E-state index contributed by atoms with van der Waals surface area (Å²) < 4.78 is 0.900. The van der Waals surface area contributed by atoms with E-state index in [-0.39, 0.29) is 5.91 Å². The first-order valence-corrected chi connectivity index (χ1v) is 11.3. The molecule has 3 aromatic rings. The van der Waals surface area contributed by atoms with Crippen LogP contribution < -0.4 is 4.90 Å². The zero-order valence-corrected chi connectivity index (χ0v) is 18.2. The van der Waals surface area contributed by atoms with Crippen molar-refractivity contribution in [2.45, 2.75) is 42.3 Å². The molecule has 0 saturated heterocycles. The molecule has 28 heavy (non-hydrogen) atoms. The van der Waals surface area contributed by atoms with Crippen molar-refractivity contribution in [3.8, 4) is 0 Å². The molecule has 3 rings (SSSR count). The molecular weight excluding hydrogens is 410 g/mol. The Morgan fingerprint density at radius 1 is 1.14 bits per heavy atom. The lowest BCUT2D eigenvalue weighted by molar-refractivity contribution is -0.118. The standard InChI is InChI=1S/C21H22ClN3OS2/c1-3-18(22)20(26)25(17-11-5-4-6-12-17)13-19-23-24-21(28-19)27-14-16-10-8-7-9-15(16)2/h4-12,18H,3,13-14H2,1-2H3. The number of aromatic nitrogens is 2. The number of thioether (sulfide) groups is 1. The van der Waals surface area contributed by atoms with Crippen molar-refractivity contribution < 1.29 is 4.79 Å². The van der Waals surface area contributed by atoms with Gasteiger partial charge in [-0.15, -0.1) is 21.8 Å². The lowest BCUT2D eigenvalue weighted by Gasteiger charge is -2.23. The van der Waals surface area contributed by atoms with E-state index >= 15 is 0 Å².